The van der Waals surface area contributed by atoms with Crippen molar-refractivity contribution in [2.75, 3.05) is 13.1 Å². The molecule has 1 heterocycles. The van der Waals surface area contributed by atoms with Crippen LogP contribution in [-0.4, -0.2) is 35.0 Å². The third-order valence-electron chi connectivity index (χ3n) is 4.88. The highest BCUT2D eigenvalue weighted by Gasteiger charge is 2.34. The van der Waals surface area contributed by atoms with E-state index in [2.05, 4.69) is 5.32 Å². The van der Waals surface area contributed by atoms with Crippen LogP contribution in [0.5, 0.6) is 0 Å². The smallest absolute Gasteiger partial charge is 0.293 e. The third-order valence-corrected chi connectivity index (χ3v) is 5.79. The summed E-state index contributed by atoms with van der Waals surface area (Å²) in [5.74, 6) is 0.400. The molecule has 1 saturated carbocycles. The second-order valence-electron chi connectivity index (χ2n) is 6.78. The van der Waals surface area contributed by atoms with Crippen molar-refractivity contribution in [1.29, 1.82) is 0 Å². The summed E-state index contributed by atoms with van der Waals surface area (Å²) in [4.78, 5) is 38.0. The number of rotatable bonds is 7. The molecule has 2 aliphatic rings. The van der Waals surface area contributed by atoms with Gasteiger partial charge in [0, 0.05) is 19.5 Å². The van der Waals surface area contributed by atoms with Gasteiger partial charge in [-0.15, -0.1) is 0 Å². The summed E-state index contributed by atoms with van der Waals surface area (Å²) in [5, 5.41) is 2.55. The predicted molar refractivity (Wildman–Crippen MR) is 103 cm³/mol. The average Bonchev–Trinajstić information content (AvgIpc) is 3.25. The summed E-state index contributed by atoms with van der Waals surface area (Å²) in [6.07, 6.45) is 8.22. The molecule has 0 atom stereocenters. The van der Waals surface area contributed by atoms with Gasteiger partial charge in [0.25, 0.3) is 11.1 Å². The second kappa shape index (κ2) is 9.03. The molecule has 3 amide bonds. The van der Waals surface area contributed by atoms with E-state index in [9.17, 15) is 14.4 Å². The Kier molecular flexibility index (Phi) is 6.50. The van der Waals surface area contributed by atoms with Crippen molar-refractivity contribution >= 4 is 34.9 Å². The Hall–Kier alpha value is -2.08. The lowest BCUT2D eigenvalue weighted by molar-refractivity contribution is -0.124. The molecule has 5 nitrogen and oxygen atoms in total. The van der Waals surface area contributed by atoms with Crippen LogP contribution in [0.1, 0.15) is 44.1 Å². The molecular formula is C20H24N2O3S. The van der Waals surface area contributed by atoms with Crippen molar-refractivity contribution in [2.24, 2.45) is 5.92 Å². The first-order chi connectivity index (χ1) is 12.6. The van der Waals surface area contributed by atoms with Gasteiger partial charge < -0.3 is 5.32 Å². The van der Waals surface area contributed by atoms with Gasteiger partial charge in [0.2, 0.25) is 5.91 Å². The largest absolute Gasteiger partial charge is 0.354 e. The summed E-state index contributed by atoms with van der Waals surface area (Å²) in [7, 11) is 0. The van der Waals surface area contributed by atoms with Gasteiger partial charge >= 0.3 is 0 Å². The maximum absolute atomic E-state index is 12.4. The van der Waals surface area contributed by atoms with E-state index in [1.807, 2.05) is 30.3 Å². The van der Waals surface area contributed by atoms with E-state index in [1.165, 1.54) is 30.6 Å². The molecule has 26 heavy (non-hydrogen) atoms. The number of benzene rings is 1. The van der Waals surface area contributed by atoms with E-state index in [1.54, 1.807) is 6.08 Å². The van der Waals surface area contributed by atoms with E-state index in [-0.39, 0.29) is 23.6 Å². The molecule has 1 saturated heterocycles. The van der Waals surface area contributed by atoms with Crippen LogP contribution < -0.4 is 5.32 Å². The van der Waals surface area contributed by atoms with E-state index in [4.69, 9.17) is 0 Å². The van der Waals surface area contributed by atoms with E-state index in [0.29, 0.717) is 23.8 Å². The second-order valence-corrected chi connectivity index (χ2v) is 7.78. The molecule has 0 spiro atoms. The number of nitrogens with one attached hydrogen (secondary N) is 1. The van der Waals surface area contributed by atoms with Crippen LogP contribution in [0.3, 0.4) is 0 Å². The summed E-state index contributed by atoms with van der Waals surface area (Å²) >= 11 is 0.948. The van der Waals surface area contributed by atoms with Crippen LogP contribution >= 0.6 is 11.8 Å². The van der Waals surface area contributed by atoms with Crippen molar-refractivity contribution in [3.8, 4) is 0 Å². The van der Waals surface area contributed by atoms with Gasteiger partial charge in [0.15, 0.2) is 0 Å². The number of hydrogen-bond donors (Lipinski definition) is 1. The molecule has 1 aromatic rings. The molecule has 1 N–H and O–H groups in total. The molecule has 1 aliphatic heterocycles. The summed E-state index contributed by atoms with van der Waals surface area (Å²) in [5.41, 5.74) is 0.887. The summed E-state index contributed by atoms with van der Waals surface area (Å²) in [6, 6.07) is 9.45. The predicted octanol–water partition coefficient (Wildman–Crippen LogP) is 3.81. The molecule has 2 fully saturated rings. The quantitative estimate of drug-likeness (QED) is 0.739. The van der Waals surface area contributed by atoms with Crippen molar-refractivity contribution in [1.82, 2.24) is 10.2 Å². The first kappa shape index (κ1) is 18.7. The van der Waals surface area contributed by atoms with Gasteiger partial charge in [-0.3, -0.25) is 19.3 Å². The Morgan fingerprint density at radius 1 is 1.19 bits per heavy atom. The monoisotopic (exact) mass is 372 g/mol. The SMILES string of the molecule is O=C(CCC1CCCC1)NCCN1C(=O)S/C(=C\c2ccccc2)C1=O. The first-order valence-electron chi connectivity index (χ1n) is 9.20. The molecule has 0 aromatic heterocycles. The molecule has 0 bridgehead atoms. The fourth-order valence-electron chi connectivity index (χ4n) is 3.42. The van der Waals surface area contributed by atoms with Gasteiger partial charge in [-0.2, -0.15) is 0 Å². The van der Waals surface area contributed by atoms with E-state index in [0.717, 1.165) is 23.7 Å². The molecule has 1 aromatic carbocycles. The zero-order valence-corrected chi connectivity index (χ0v) is 15.6. The Morgan fingerprint density at radius 2 is 1.92 bits per heavy atom. The number of carbonyl (C=O) groups excluding carboxylic acids is 3. The van der Waals surface area contributed by atoms with E-state index < -0.39 is 0 Å². The van der Waals surface area contributed by atoms with Crippen LogP contribution in [0.25, 0.3) is 6.08 Å². The van der Waals surface area contributed by atoms with Gasteiger partial charge in [0.05, 0.1) is 4.91 Å². The lowest BCUT2D eigenvalue weighted by atomic mass is 10.0. The average molecular weight is 372 g/mol. The maximum Gasteiger partial charge on any atom is 0.293 e. The number of amides is 3. The normalized spacial score (nSPS) is 19.5. The molecule has 0 unspecified atom stereocenters. The molecule has 6 heteroatoms. The molecule has 3 rings (SSSR count). The van der Waals surface area contributed by atoms with Crippen molar-refractivity contribution in [3.63, 3.8) is 0 Å². The first-order valence-corrected chi connectivity index (χ1v) is 10.0. The molecule has 0 radical (unpaired) electrons. The highest BCUT2D eigenvalue weighted by Crippen LogP contribution is 2.32. The number of imide groups is 1. The van der Waals surface area contributed by atoms with Crippen molar-refractivity contribution < 1.29 is 14.4 Å². The van der Waals surface area contributed by atoms with Gasteiger partial charge in [-0.1, -0.05) is 56.0 Å². The topological polar surface area (TPSA) is 66.5 Å². The highest BCUT2D eigenvalue weighted by atomic mass is 32.2. The lowest BCUT2D eigenvalue weighted by Crippen LogP contribution is -2.37. The van der Waals surface area contributed by atoms with Crippen LogP contribution in [0.2, 0.25) is 0 Å². The Labute approximate surface area is 158 Å². The van der Waals surface area contributed by atoms with Gasteiger partial charge in [-0.25, -0.2) is 0 Å². The Morgan fingerprint density at radius 3 is 2.65 bits per heavy atom. The zero-order valence-electron chi connectivity index (χ0n) is 14.8. The number of nitrogens with zero attached hydrogens (tertiary/aromatic N) is 1. The van der Waals surface area contributed by atoms with Crippen molar-refractivity contribution in [3.05, 3.63) is 40.8 Å². The lowest BCUT2D eigenvalue weighted by Gasteiger charge is -2.13. The Balaban J connectivity index is 1.44. The molecule has 138 valence electrons. The Bertz CT molecular complexity index is 696. The van der Waals surface area contributed by atoms with Crippen LogP contribution in [-0.2, 0) is 9.59 Å². The van der Waals surface area contributed by atoms with Crippen LogP contribution in [0.4, 0.5) is 4.79 Å². The van der Waals surface area contributed by atoms with Gasteiger partial charge in [0.1, 0.15) is 0 Å². The molecule has 1 aliphatic carbocycles. The van der Waals surface area contributed by atoms with Crippen LogP contribution in [0.15, 0.2) is 35.2 Å². The van der Waals surface area contributed by atoms with Crippen molar-refractivity contribution in [2.45, 2.75) is 38.5 Å². The highest BCUT2D eigenvalue weighted by molar-refractivity contribution is 8.18. The third kappa shape index (κ3) is 4.97. The minimum atomic E-state index is -0.288. The minimum Gasteiger partial charge on any atom is -0.354 e. The van der Waals surface area contributed by atoms with E-state index >= 15 is 0 Å². The summed E-state index contributed by atoms with van der Waals surface area (Å²) < 4.78 is 0. The summed E-state index contributed by atoms with van der Waals surface area (Å²) in [6.45, 7) is 0.520. The maximum atomic E-state index is 12.4. The minimum absolute atomic E-state index is 0.00343. The zero-order chi connectivity index (χ0) is 18.4. The standard InChI is InChI=1S/C20H24N2O3S/c23-18(11-10-15-6-4-5-7-15)21-12-13-22-19(24)17(26-20(22)25)14-16-8-2-1-3-9-16/h1-3,8-9,14-15H,4-7,10-13H2,(H,21,23)/b17-14-. The molecular weight excluding hydrogens is 348 g/mol. The fourth-order valence-corrected chi connectivity index (χ4v) is 4.29. The van der Waals surface area contributed by atoms with Gasteiger partial charge in [-0.05, 0) is 35.7 Å². The fraction of sp³-hybridized carbons (Fsp3) is 0.450. The number of carbonyl (C=O) groups is 3. The van der Waals surface area contributed by atoms with Crippen LogP contribution in [0, 0.1) is 5.92 Å². The number of hydrogen-bond acceptors (Lipinski definition) is 4. The number of thioether (sulfide) groups is 1.